The zero-order valence-corrected chi connectivity index (χ0v) is 11.5. The minimum atomic E-state index is -0.0408. The predicted octanol–water partition coefficient (Wildman–Crippen LogP) is 1.90. The minimum Gasteiger partial charge on any atom is -0.396 e. The van der Waals surface area contributed by atoms with Crippen molar-refractivity contribution in [2.75, 3.05) is 13.2 Å². The molecule has 0 radical (unpaired) electrons. The summed E-state index contributed by atoms with van der Waals surface area (Å²) in [6.45, 7) is 0.906. The Balaban J connectivity index is 2.07. The Morgan fingerprint density at radius 3 is 3.00 bits per heavy atom. The molecule has 1 amide bonds. The number of aromatic nitrogens is 1. The number of aliphatic hydroxyl groups excluding tert-OH is 1. The van der Waals surface area contributed by atoms with Crippen molar-refractivity contribution in [2.45, 2.75) is 13.0 Å². The number of carbonyl (C=O) groups excluding carboxylic acids is 1. The Hall–Kier alpha value is -1.33. The van der Waals surface area contributed by atoms with E-state index in [0.717, 1.165) is 15.4 Å². The number of carbonyl (C=O) groups is 1. The van der Waals surface area contributed by atoms with E-state index in [1.54, 1.807) is 0 Å². The second-order valence-electron chi connectivity index (χ2n) is 4.07. The van der Waals surface area contributed by atoms with Crippen molar-refractivity contribution in [3.05, 3.63) is 34.9 Å². The molecule has 4 nitrogen and oxygen atoms in total. The summed E-state index contributed by atoms with van der Waals surface area (Å²) in [5.74, 6) is -0.0408. The van der Waals surface area contributed by atoms with E-state index in [1.165, 1.54) is 0 Å². The topological polar surface area (TPSA) is 54.3 Å². The van der Waals surface area contributed by atoms with Gasteiger partial charge in [-0.3, -0.25) is 4.79 Å². The van der Waals surface area contributed by atoms with Gasteiger partial charge < -0.3 is 15.0 Å². The van der Waals surface area contributed by atoms with Crippen LogP contribution in [0.3, 0.4) is 0 Å². The SMILES string of the molecule is O=C(Cn1ccc2ccc(Br)cc21)NCCCO. The Bertz CT molecular complexity index is 551. The van der Waals surface area contributed by atoms with Crippen LogP contribution in [0.2, 0.25) is 0 Å². The number of hydrogen-bond donors (Lipinski definition) is 2. The summed E-state index contributed by atoms with van der Waals surface area (Å²) in [7, 11) is 0. The van der Waals surface area contributed by atoms with Crippen LogP contribution in [-0.4, -0.2) is 28.7 Å². The number of hydrogen-bond acceptors (Lipinski definition) is 2. The van der Waals surface area contributed by atoms with Gasteiger partial charge in [-0.05, 0) is 30.0 Å². The van der Waals surface area contributed by atoms with Gasteiger partial charge in [-0.25, -0.2) is 0 Å². The first-order valence-electron chi connectivity index (χ1n) is 5.82. The van der Waals surface area contributed by atoms with Gasteiger partial charge in [0.2, 0.25) is 5.91 Å². The molecule has 1 heterocycles. The third-order valence-electron chi connectivity index (χ3n) is 2.71. The van der Waals surface area contributed by atoms with E-state index in [4.69, 9.17) is 5.11 Å². The van der Waals surface area contributed by atoms with Crippen molar-refractivity contribution in [1.82, 2.24) is 9.88 Å². The molecule has 0 aliphatic rings. The minimum absolute atomic E-state index is 0.0408. The fourth-order valence-corrected chi connectivity index (χ4v) is 2.16. The molecule has 0 aliphatic carbocycles. The van der Waals surface area contributed by atoms with Crippen molar-refractivity contribution < 1.29 is 9.90 Å². The molecule has 2 aromatic rings. The zero-order chi connectivity index (χ0) is 13.0. The van der Waals surface area contributed by atoms with Crippen LogP contribution < -0.4 is 5.32 Å². The van der Waals surface area contributed by atoms with Crippen molar-refractivity contribution in [1.29, 1.82) is 0 Å². The van der Waals surface area contributed by atoms with Gasteiger partial charge in [0.05, 0.1) is 0 Å². The Morgan fingerprint density at radius 2 is 2.22 bits per heavy atom. The van der Waals surface area contributed by atoms with Crippen LogP contribution >= 0.6 is 15.9 Å². The van der Waals surface area contributed by atoms with Crippen LogP contribution in [0.15, 0.2) is 34.9 Å². The lowest BCUT2D eigenvalue weighted by atomic mass is 10.2. The van der Waals surface area contributed by atoms with Gasteiger partial charge in [0.25, 0.3) is 0 Å². The molecule has 0 spiro atoms. The van der Waals surface area contributed by atoms with Gasteiger partial charge in [-0.2, -0.15) is 0 Å². The van der Waals surface area contributed by atoms with E-state index in [1.807, 2.05) is 35.0 Å². The summed E-state index contributed by atoms with van der Waals surface area (Å²) < 4.78 is 2.91. The average molecular weight is 311 g/mol. The molecular formula is C13H15BrN2O2. The van der Waals surface area contributed by atoms with Crippen LogP contribution in [-0.2, 0) is 11.3 Å². The Labute approximate surface area is 114 Å². The highest BCUT2D eigenvalue weighted by Crippen LogP contribution is 2.20. The predicted molar refractivity (Wildman–Crippen MR) is 74.4 cm³/mol. The fraction of sp³-hybridized carbons (Fsp3) is 0.308. The quantitative estimate of drug-likeness (QED) is 0.829. The number of fused-ring (bicyclic) bond motifs is 1. The second-order valence-corrected chi connectivity index (χ2v) is 4.99. The van der Waals surface area contributed by atoms with E-state index < -0.39 is 0 Å². The smallest absolute Gasteiger partial charge is 0.239 e. The van der Waals surface area contributed by atoms with E-state index >= 15 is 0 Å². The molecule has 2 rings (SSSR count). The molecule has 0 fully saturated rings. The molecule has 0 saturated heterocycles. The molecule has 0 bridgehead atoms. The maximum atomic E-state index is 11.7. The summed E-state index contributed by atoms with van der Waals surface area (Å²) in [6, 6.07) is 7.98. The summed E-state index contributed by atoms with van der Waals surface area (Å²) in [4.78, 5) is 11.7. The number of nitrogens with zero attached hydrogens (tertiary/aromatic N) is 1. The normalized spacial score (nSPS) is 10.8. The maximum Gasteiger partial charge on any atom is 0.239 e. The molecule has 0 atom stereocenters. The lowest BCUT2D eigenvalue weighted by Crippen LogP contribution is -2.28. The molecule has 2 N–H and O–H groups in total. The van der Waals surface area contributed by atoms with Gasteiger partial charge in [0.1, 0.15) is 6.54 Å². The van der Waals surface area contributed by atoms with E-state index in [-0.39, 0.29) is 12.5 Å². The van der Waals surface area contributed by atoms with E-state index in [0.29, 0.717) is 19.5 Å². The monoisotopic (exact) mass is 310 g/mol. The number of benzene rings is 1. The lowest BCUT2D eigenvalue weighted by molar-refractivity contribution is -0.121. The molecular weight excluding hydrogens is 296 g/mol. The van der Waals surface area contributed by atoms with Crippen LogP contribution in [0.25, 0.3) is 10.9 Å². The van der Waals surface area contributed by atoms with Gasteiger partial charge >= 0.3 is 0 Å². The molecule has 96 valence electrons. The molecule has 0 aliphatic heterocycles. The number of nitrogens with one attached hydrogen (secondary N) is 1. The van der Waals surface area contributed by atoms with Crippen LogP contribution in [0, 0.1) is 0 Å². The molecule has 0 unspecified atom stereocenters. The number of aliphatic hydroxyl groups is 1. The first-order valence-corrected chi connectivity index (χ1v) is 6.62. The highest BCUT2D eigenvalue weighted by atomic mass is 79.9. The van der Waals surface area contributed by atoms with Crippen LogP contribution in [0.4, 0.5) is 0 Å². The van der Waals surface area contributed by atoms with Gasteiger partial charge in [-0.1, -0.05) is 22.0 Å². The third-order valence-corrected chi connectivity index (χ3v) is 3.20. The van der Waals surface area contributed by atoms with Crippen molar-refractivity contribution in [3.63, 3.8) is 0 Å². The fourth-order valence-electron chi connectivity index (χ4n) is 1.81. The summed E-state index contributed by atoms with van der Waals surface area (Å²) in [6.07, 6.45) is 2.49. The summed E-state index contributed by atoms with van der Waals surface area (Å²) >= 11 is 3.43. The van der Waals surface area contributed by atoms with Crippen molar-refractivity contribution in [2.24, 2.45) is 0 Å². The van der Waals surface area contributed by atoms with Gasteiger partial charge in [-0.15, -0.1) is 0 Å². The first kappa shape index (κ1) is 13.1. The summed E-state index contributed by atoms with van der Waals surface area (Å²) in [5, 5.41) is 12.5. The van der Waals surface area contributed by atoms with Crippen molar-refractivity contribution in [3.8, 4) is 0 Å². The number of rotatable bonds is 5. The standard InChI is InChI=1S/C13H15BrN2O2/c14-11-3-2-10-4-6-16(12(10)8-11)9-13(18)15-5-1-7-17/h2-4,6,8,17H,1,5,7,9H2,(H,15,18). The number of halogens is 1. The third kappa shape index (κ3) is 3.11. The maximum absolute atomic E-state index is 11.7. The second kappa shape index (κ2) is 6.02. The molecule has 18 heavy (non-hydrogen) atoms. The van der Waals surface area contributed by atoms with Gasteiger partial charge in [0.15, 0.2) is 0 Å². The Morgan fingerprint density at radius 1 is 1.39 bits per heavy atom. The van der Waals surface area contributed by atoms with Crippen LogP contribution in [0.1, 0.15) is 6.42 Å². The largest absolute Gasteiger partial charge is 0.396 e. The summed E-state index contributed by atoms with van der Waals surface area (Å²) in [5.41, 5.74) is 1.03. The first-order chi connectivity index (χ1) is 8.70. The zero-order valence-electron chi connectivity index (χ0n) is 9.90. The lowest BCUT2D eigenvalue weighted by Gasteiger charge is -2.07. The number of amides is 1. The van der Waals surface area contributed by atoms with Crippen LogP contribution in [0.5, 0.6) is 0 Å². The molecule has 1 aromatic carbocycles. The molecule has 0 saturated carbocycles. The molecule has 1 aromatic heterocycles. The highest BCUT2D eigenvalue weighted by molar-refractivity contribution is 9.10. The molecule has 5 heteroatoms. The van der Waals surface area contributed by atoms with E-state index in [2.05, 4.69) is 21.2 Å². The van der Waals surface area contributed by atoms with E-state index in [9.17, 15) is 4.79 Å². The highest BCUT2D eigenvalue weighted by Gasteiger charge is 2.06. The van der Waals surface area contributed by atoms with Gasteiger partial charge in [0, 0.05) is 29.3 Å². The average Bonchev–Trinajstić information content (AvgIpc) is 2.72. The Kier molecular flexibility index (Phi) is 4.38. The van der Waals surface area contributed by atoms with Crippen molar-refractivity contribution >= 4 is 32.7 Å².